The van der Waals surface area contributed by atoms with Gasteiger partial charge in [0.25, 0.3) is 0 Å². The van der Waals surface area contributed by atoms with Gasteiger partial charge >= 0.3 is 6.09 Å². The molecule has 0 saturated carbocycles. The number of fused-ring (bicyclic) bond motifs is 1. The Bertz CT molecular complexity index is 1810. The molecule has 0 radical (unpaired) electrons. The molecule has 1 aliphatic rings. The van der Waals surface area contributed by atoms with Gasteiger partial charge in [-0.2, -0.15) is 0 Å². The van der Waals surface area contributed by atoms with E-state index in [1.165, 1.54) is 0 Å². The molecule has 0 bridgehead atoms. The molecule has 4 rings (SSSR count). The van der Waals surface area contributed by atoms with Crippen LogP contribution in [0.3, 0.4) is 0 Å². The van der Waals surface area contributed by atoms with Gasteiger partial charge < -0.3 is 42.8 Å². The topological polar surface area (TPSA) is 229 Å². The number of unbranched alkanes of at least 4 members (excludes halogenated alkanes) is 1. The zero-order chi connectivity index (χ0) is 40.1. The van der Waals surface area contributed by atoms with Crippen molar-refractivity contribution >= 4 is 57.9 Å². The van der Waals surface area contributed by atoms with Crippen LogP contribution in [0.2, 0.25) is 0 Å². The maximum Gasteiger partial charge on any atom is 0.408 e. The molecule has 15 heteroatoms. The van der Waals surface area contributed by atoms with Crippen molar-refractivity contribution in [2.45, 2.75) is 88.8 Å². The summed E-state index contributed by atoms with van der Waals surface area (Å²) in [5.41, 5.74) is 18.6. The third-order valence-electron chi connectivity index (χ3n) is 9.10. The Morgan fingerprint density at radius 3 is 2.36 bits per heavy atom. The Morgan fingerprint density at radius 2 is 1.67 bits per heavy atom. The molecule has 5 atom stereocenters. The molecule has 1 aliphatic heterocycles. The molecule has 0 spiro atoms. The number of ketones is 2. The Balaban J connectivity index is 1.68. The Hall–Kier alpha value is -4.83. The highest BCUT2D eigenvalue weighted by molar-refractivity contribution is 8.00. The number of primary amides is 1. The molecule has 55 heavy (non-hydrogen) atoms. The van der Waals surface area contributed by atoms with Crippen LogP contribution in [-0.2, 0) is 41.7 Å². The molecule has 0 aliphatic carbocycles. The van der Waals surface area contributed by atoms with Gasteiger partial charge in [0.05, 0.1) is 23.9 Å². The molecule has 0 aromatic heterocycles. The minimum Gasteiger partial charge on any atom is -0.444 e. The van der Waals surface area contributed by atoms with Crippen LogP contribution in [0.4, 0.5) is 4.79 Å². The van der Waals surface area contributed by atoms with Crippen LogP contribution in [-0.4, -0.2) is 101 Å². The first-order chi connectivity index (χ1) is 26.2. The minimum atomic E-state index is -1.84. The number of thioether (sulfide) groups is 1. The highest BCUT2D eigenvalue weighted by Gasteiger charge is 2.42. The molecule has 296 valence electrons. The zero-order valence-corrected chi connectivity index (χ0v) is 32.4. The molecule has 3 aromatic rings. The van der Waals surface area contributed by atoms with Gasteiger partial charge in [0.15, 0.2) is 17.6 Å². The van der Waals surface area contributed by atoms with Crippen molar-refractivity contribution in [2.75, 3.05) is 24.6 Å². The van der Waals surface area contributed by atoms with E-state index in [0.29, 0.717) is 25.9 Å². The largest absolute Gasteiger partial charge is 0.444 e. The van der Waals surface area contributed by atoms with Gasteiger partial charge in [-0.3, -0.25) is 24.0 Å². The molecule has 9 N–H and O–H groups in total. The van der Waals surface area contributed by atoms with Crippen molar-refractivity contribution in [3.63, 3.8) is 0 Å². The predicted molar refractivity (Wildman–Crippen MR) is 213 cm³/mol. The summed E-state index contributed by atoms with van der Waals surface area (Å²) in [6, 6.07) is 16.0. The fraction of sp³-hybridized carbons (Fsp3) is 0.450. The lowest BCUT2D eigenvalue weighted by molar-refractivity contribution is -0.146. The number of alkyl carbamates (subject to hydrolysis) is 1. The summed E-state index contributed by atoms with van der Waals surface area (Å²) in [5, 5.41) is 10.7. The minimum absolute atomic E-state index is 0.0619. The predicted octanol–water partition coefficient (Wildman–Crippen LogP) is 1.94. The standard InChI is InChI=1S/C40H53N7O7S/c1-40(2,3)54-39(53)46-30(18-9-10-19-41)36(50)31-22-47(34(37(43)51)35(49)29(42)20-25-12-5-4-6-13-25)33(48)24-55-23-32(38(52)45-31)44-21-27-16-11-15-26-14-7-8-17-28(26)27/h4-8,11-17,29-32,34,44H,9-10,18-24,41-42H2,1-3H3,(H2,43,51)(H,45,52)(H,46,53)/t29-,30-,31?,32?,34?/m0/s1. The monoisotopic (exact) mass is 775 g/mol. The second kappa shape index (κ2) is 20.2. The summed E-state index contributed by atoms with van der Waals surface area (Å²) < 4.78 is 5.44. The van der Waals surface area contributed by atoms with Crippen LogP contribution in [0.25, 0.3) is 10.8 Å². The number of benzene rings is 3. The van der Waals surface area contributed by atoms with Crippen LogP contribution >= 0.6 is 11.8 Å². The number of rotatable bonds is 16. The van der Waals surface area contributed by atoms with Crippen molar-refractivity contribution in [2.24, 2.45) is 17.2 Å². The van der Waals surface area contributed by atoms with E-state index >= 15 is 0 Å². The number of ether oxygens (including phenoxy) is 1. The fourth-order valence-corrected chi connectivity index (χ4v) is 7.33. The quantitative estimate of drug-likeness (QED) is 0.0910. The average molecular weight is 776 g/mol. The van der Waals surface area contributed by atoms with Gasteiger partial charge in [0.2, 0.25) is 17.7 Å². The summed E-state index contributed by atoms with van der Waals surface area (Å²) in [4.78, 5) is 83.5. The lowest BCUT2D eigenvalue weighted by Crippen LogP contribution is -2.64. The van der Waals surface area contributed by atoms with Crippen molar-refractivity contribution in [1.82, 2.24) is 20.9 Å². The Labute approximate surface area is 326 Å². The van der Waals surface area contributed by atoms with E-state index in [4.69, 9.17) is 21.9 Å². The molecular weight excluding hydrogens is 723 g/mol. The molecule has 14 nitrogen and oxygen atoms in total. The van der Waals surface area contributed by atoms with Gasteiger partial charge in [0.1, 0.15) is 11.6 Å². The summed E-state index contributed by atoms with van der Waals surface area (Å²) in [6.07, 6.45) is 0.312. The molecule has 4 amide bonds. The third kappa shape index (κ3) is 12.6. The number of nitrogens with zero attached hydrogens (tertiary/aromatic N) is 1. The van der Waals surface area contributed by atoms with Gasteiger partial charge in [-0.25, -0.2) is 4.79 Å². The second-order valence-electron chi connectivity index (χ2n) is 14.6. The van der Waals surface area contributed by atoms with Crippen LogP contribution < -0.4 is 33.2 Å². The first-order valence-corrected chi connectivity index (χ1v) is 19.6. The van der Waals surface area contributed by atoms with Crippen molar-refractivity contribution in [1.29, 1.82) is 0 Å². The molecule has 1 saturated heterocycles. The number of nitrogens with two attached hydrogens (primary N) is 3. The van der Waals surface area contributed by atoms with Crippen molar-refractivity contribution in [3.05, 3.63) is 83.9 Å². The van der Waals surface area contributed by atoms with E-state index in [0.717, 1.165) is 38.6 Å². The van der Waals surface area contributed by atoms with Crippen molar-refractivity contribution in [3.8, 4) is 0 Å². The van der Waals surface area contributed by atoms with E-state index in [-0.39, 0.29) is 24.3 Å². The number of hydrogen-bond donors (Lipinski definition) is 6. The fourth-order valence-electron chi connectivity index (χ4n) is 6.37. The van der Waals surface area contributed by atoms with Crippen LogP contribution in [0, 0.1) is 0 Å². The van der Waals surface area contributed by atoms with Gasteiger partial charge in [-0.1, -0.05) is 72.8 Å². The van der Waals surface area contributed by atoms with Gasteiger partial charge in [-0.15, -0.1) is 11.8 Å². The number of amides is 4. The van der Waals surface area contributed by atoms with Crippen LogP contribution in [0.15, 0.2) is 72.8 Å². The maximum absolute atomic E-state index is 14.5. The molecule has 1 heterocycles. The summed E-state index contributed by atoms with van der Waals surface area (Å²) in [7, 11) is 0. The average Bonchev–Trinajstić information content (AvgIpc) is 3.13. The molecule has 1 fully saturated rings. The molecular formula is C40H53N7O7S. The van der Waals surface area contributed by atoms with E-state index in [2.05, 4.69) is 16.0 Å². The summed E-state index contributed by atoms with van der Waals surface area (Å²) in [6.45, 7) is 5.07. The number of carbonyl (C=O) groups excluding carboxylic acids is 6. The zero-order valence-electron chi connectivity index (χ0n) is 31.6. The lowest BCUT2D eigenvalue weighted by atomic mass is 9.95. The number of nitrogens with one attached hydrogen (secondary N) is 3. The highest BCUT2D eigenvalue weighted by Crippen LogP contribution is 2.20. The maximum atomic E-state index is 14.5. The number of Topliss-reactive ketones (excluding diaryl/α,β-unsaturated/α-hetero) is 2. The Morgan fingerprint density at radius 1 is 0.982 bits per heavy atom. The molecule has 3 unspecified atom stereocenters. The lowest BCUT2D eigenvalue weighted by Gasteiger charge is -2.35. The third-order valence-corrected chi connectivity index (χ3v) is 10.1. The second-order valence-corrected chi connectivity index (χ2v) is 15.6. The highest BCUT2D eigenvalue weighted by atomic mass is 32.2. The van der Waals surface area contributed by atoms with E-state index in [9.17, 15) is 28.8 Å². The van der Waals surface area contributed by atoms with E-state index < -0.39 is 77.7 Å². The number of carbonyl (C=O) groups is 6. The van der Waals surface area contributed by atoms with Gasteiger partial charge in [0, 0.05) is 18.8 Å². The SMILES string of the molecule is CC(C)(C)OC(=O)N[C@@H](CCCCN)C(=O)C1CN(C(C(N)=O)C(=O)[C@@H](N)Cc2ccccc2)C(=O)CSCC(NCc2cccc3ccccc23)C(=O)N1. The summed E-state index contributed by atoms with van der Waals surface area (Å²) in [5.74, 6) is -3.96. The molecule has 3 aromatic carbocycles. The smallest absolute Gasteiger partial charge is 0.408 e. The van der Waals surface area contributed by atoms with Crippen molar-refractivity contribution < 1.29 is 33.5 Å². The van der Waals surface area contributed by atoms with Crippen LogP contribution in [0.1, 0.15) is 51.2 Å². The summed E-state index contributed by atoms with van der Waals surface area (Å²) >= 11 is 1.13. The van der Waals surface area contributed by atoms with E-state index in [1.807, 2.05) is 42.5 Å². The van der Waals surface area contributed by atoms with Crippen LogP contribution in [0.5, 0.6) is 0 Å². The van der Waals surface area contributed by atoms with E-state index in [1.54, 1.807) is 51.1 Å². The Kier molecular flexibility index (Phi) is 15.8. The first kappa shape index (κ1) is 42.9. The normalized spacial score (nSPS) is 18.5. The first-order valence-electron chi connectivity index (χ1n) is 18.4. The van der Waals surface area contributed by atoms with Gasteiger partial charge in [-0.05, 0) is 74.9 Å². The number of hydrogen-bond acceptors (Lipinski definition) is 11.